The fourth-order valence-corrected chi connectivity index (χ4v) is 4.27. The Bertz CT molecular complexity index is 663. The van der Waals surface area contributed by atoms with Crippen LogP contribution in [-0.2, 0) is 10.0 Å². The van der Waals surface area contributed by atoms with Gasteiger partial charge in [0.25, 0.3) is 0 Å². The molecule has 1 atom stereocenters. The molecule has 21 heavy (non-hydrogen) atoms. The van der Waals surface area contributed by atoms with Crippen LogP contribution >= 0.6 is 12.2 Å². The third-order valence-corrected chi connectivity index (χ3v) is 5.81. The molecule has 0 bridgehead atoms. The fraction of sp³-hybridized carbons (Fsp3) is 0.462. The Morgan fingerprint density at radius 1 is 1.43 bits per heavy atom. The van der Waals surface area contributed by atoms with Gasteiger partial charge in [0, 0.05) is 31.2 Å². The number of piperazine rings is 1. The maximum absolute atomic E-state index is 13.6. The lowest BCUT2D eigenvalue weighted by molar-refractivity contribution is 0.170. The standard InChI is InChI=1S/C13H18FN3O2S2/c1-9-8-16(2)5-6-17(9)21(18,19)10-3-4-12(14)11(7-10)13(15)20/h3-4,7,9H,5-6,8H2,1-2H3,(H2,15,20). The minimum Gasteiger partial charge on any atom is -0.389 e. The number of nitrogens with two attached hydrogens (primary N) is 1. The van der Waals surface area contributed by atoms with Crippen molar-refractivity contribution in [3.05, 3.63) is 29.6 Å². The van der Waals surface area contributed by atoms with E-state index in [1.54, 1.807) is 0 Å². The molecule has 0 aromatic heterocycles. The minimum absolute atomic E-state index is 0.0168. The molecule has 0 radical (unpaired) electrons. The Balaban J connectivity index is 2.40. The first-order valence-corrected chi connectivity index (χ1v) is 8.38. The minimum atomic E-state index is -3.68. The molecule has 1 aromatic carbocycles. The number of thiocarbonyl (C=S) groups is 1. The van der Waals surface area contributed by atoms with Crippen LogP contribution in [0.3, 0.4) is 0 Å². The molecule has 1 saturated heterocycles. The van der Waals surface area contributed by atoms with E-state index in [1.807, 2.05) is 14.0 Å². The van der Waals surface area contributed by atoms with E-state index in [9.17, 15) is 12.8 Å². The van der Waals surface area contributed by atoms with E-state index in [-0.39, 0.29) is 21.5 Å². The lowest BCUT2D eigenvalue weighted by atomic mass is 10.2. The van der Waals surface area contributed by atoms with E-state index >= 15 is 0 Å². The van der Waals surface area contributed by atoms with Crippen LogP contribution in [0.5, 0.6) is 0 Å². The second-order valence-electron chi connectivity index (χ2n) is 5.23. The van der Waals surface area contributed by atoms with E-state index < -0.39 is 15.8 Å². The molecule has 1 aliphatic heterocycles. The van der Waals surface area contributed by atoms with Gasteiger partial charge in [-0.3, -0.25) is 0 Å². The highest BCUT2D eigenvalue weighted by Gasteiger charge is 2.33. The molecule has 2 N–H and O–H groups in total. The molecule has 1 unspecified atom stereocenters. The summed E-state index contributed by atoms with van der Waals surface area (Å²) in [5.41, 5.74) is 5.38. The molecule has 1 aromatic rings. The Morgan fingerprint density at radius 2 is 2.10 bits per heavy atom. The van der Waals surface area contributed by atoms with Crippen LogP contribution in [0.1, 0.15) is 12.5 Å². The van der Waals surface area contributed by atoms with Crippen molar-refractivity contribution in [1.82, 2.24) is 9.21 Å². The molecule has 116 valence electrons. The predicted octanol–water partition coefficient (Wildman–Crippen LogP) is 0.785. The van der Waals surface area contributed by atoms with Crippen molar-refractivity contribution >= 4 is 27.2 Å². The van der Waals surface area contributed by atoms with E-state index in [2.05, 4.69) is 4.90 Å². The van der Waals surface area contributed by atoms with Crippen molar-refractivity contribution in [2.75, 3.05) is 26.7 Å². The average molecular weight is 331 g/mol. The summed E-state index contributed by atoms with van der Waals surface area (Å²) >= 11 is 4.75. The zero-order chi connectivity index (χ0) is 15.8. The summed E-state index contributed by atoms with van der Waals surface area (Å²) in [5.74, 6) is -0.618. The number of nitrogens with zero attached hydrogens (tertiary/aromatic N) is 2. The highest BCUT2D eigenvalue weighted by atomic mass is 32.2. The van der Waals surface area contributed by atoms with Crippen molar-refractivity contribution in [3.8, 4) is 0 Å². The summed E-state index contributed by atoms with van der Waals surface area (Å²) in [5, 5.41) is 0. The van der Waals surface area contributed by atoms with E-state index in [0.717, 1.165) is 6.07 Å². The fourth-order valence-electron chi connectivity index (χ4n) is 2.47. The summed E-state index contributed by atoms with van der Waals surface area (Å²) in [7, 11) is -1.73. The van der Waals surface area contributed by atoms with Gasteiger partial charge < -0.3 is 10.6 Å². The molecule has 1 heterocycles. The Labute approximate surface area is 129 Å². The van der Waals surface area contributed by atoms with Crippen molar-refractivity contribution in [1.29, 1.82) is 0 Å². The molecule has 1 aliphatic rings. The highest BCUT2D eigenvalue weighted by Crippen LogP contribution is 2.23. The lowest BCUT2D eigenvalue weighted by Gasteiger charge is -2.37. The number of benzene rings is 1. The van der Waals surface area contributed by atoms with Gasteiger partial charge in [0.15, 0.2) is 0 Å². The Hall–Kier alpha value is -1.09. The number of halogens is 1. The van der Waals surface area contributed by atoms with Gasteiger partial charge in [0.2, 0.25) is 10.0 Å². The van der Waals surface area contributed by atoms with Crippen LogP contribution in [0.25, 0.3) is 0 Å². The van der Waals surface area contributed by atoms with Crippen LogP contribution in [0.2, 0.25) is 0 Å². The van der Waals surface area contributed by atoms with Crippen molar-refractivity contribution in [3.63, 3.8) is 0 Å². The van der Waals surface area contributed by atoms with Crippen LogP contribution < -0.4 is 5.73 Å². The van der Waals surface area contributed by atoms with Gasteiger partial charge in [0.1, 0.15) is 10.8 Å². The Morgan fingerprint density at radius 3 is 2.67 bits per heavy atom. The predicted molar refractivity (Wildman–Crippen MR) is 83.1 cm³/mol. The summed E-state index contributed by atoms with van der Waals surface area (Å²) in [6, 6.07) is 3.39. The quantitative estimate of drug-likeness (QED) is 0.830. The maximum Gasteiger partial charge on any atom is 0.243 e. The van der Waals surface area contributed by atoms with Crippen LogP contribution in [0.15, 0.2) is 23.1 Å². The van der Waals surface area contributed by atoms with E-state index in [4.69, 9.17) is 18.0 Å². The molecule has 0 saturated carbocycles. The van der Waals surface area contributed by atoms with E-state index in [0.29, 0.717) is 19.6 Å². The van der Waals surface area contributed by atoms with Crippen molar-refractivity contribution in [2.24, 2.45) is 5.73 Å². The normalized spacial score (nSPS) is 21.4. The molecule has 8 heteroatoms. The molecule has 1 fully saturated rings. The highest BCUT2D eigenvalue weighted by molar-refractivity contribution is 7.89. The first-order valence-electron chi connectivity index (χ1n) is 6.53. The summed E-state index contributed by atoms with van der Waals surface area (Å²) in [6.45, 7) is 3.57. The van der Waals surface area contributed by atoms with Gasteiger partial charge in [-0.2, -0.15) is 4.31 Å². The smallest absolute Gasteiger partial charge is 0.243 e. The second-order valence-corrected chi connectivity index (χ2v) is 7.56. The third-order valence-electron chi connectivity index (χ3n) is 3.58. The van der Waals surface area contributed by atoms with Crippen LogP contribution in [0.4, 0.5) is 4.39 Å². The van der Waals surface area contributed by atoms with Gasteiger partial charge >= 0.3 is 0 Å². The molecule has 0 amide bonds. The second kappa shape index (κ2) is 5.96. The number of hydrogen-bond donors (Lipinski definition) is 1. The van der Waals surface area contributed by atoms with Gasteiger partial charge in [-0.1, -0.05) is 12.2 Å². The van der Waals surface area contributed by atoms with Gasteiger partial charge in [-0.15, -0.1) is 0 Å². The maximum atomic E-state index is 13.6. The molecule has 5 nitrogen and oxygen atoms in total. The monoisotopic (exact) mass is 331 g/mol. The summed E-state index contributed by atoms with van der Waals surface area (Å²) < 4.78 is 40.4. The Kier molecular flexibility index (Phi) is 4.62. The van der Waals surface area contributed by atoms with Crippen LogP contribution in [0, 0.1) is 5.82 Å². The summed E-state index contributed by atoms with van der Waals surface area (Å²) in [4.78, 5) is 1.93. The molecular formula is C13H18FN3O2S2. The van der Waals surface area contributed by atoms with Crippen molar-refractivity contribution in [2.45, 2.75) is 17.9 Å². The van der Waals surface area contributed by atoms with Gasteiger partial charge in [0.05, 0.1) is 4.90 Å². The molecule has 0 aliphatic carbocycles. The number of likely N-dealkylation sites (N-methyl/N-ethyl adjacent to an activating group) is 1. The summed E-state index contributed by atoms with van der Waals surface area (Å²) in [6.07, 6.45) is 0. The number of hydrogen-bond acceptors (Lipinski definition) is 4. The SMILES string of the molecule is CC1CN(C)CCN1S(=O)(=O)c1ccc(F)c(C(N)=S)c1. The molecule has 0 spiro atoms. The van der Waals surface area contributed by atoms with Gasteiger partial charge in [-0.05, 0) is 32.2 Å². The largest absolute Gasteiger partial charge is 0.389 e. The first-order chi connectivity index (χ1) is 9.73. The first kappa shape index (κ1) is 16.3. The van der Waals surface area contributed by atoms with Gasteiger partial charge in [-0.25, -0.2) is 12.8 Å². The van der Waals surface area contributed by atoms with Crippen LogP contribution in [-0.4, -0.2) is 55.3 Å². The number of sulfonamides is 1. The molecular weight excluding hydrogens is 313 g/mol. The third kappa shape index (κ3) is 3.23. The zero-order valence-electron chi connectivity index (χ0n) is 11.9. The average Bonchev–Trinajstić information content (AvgIpc) is 2.38. The topological polar surface area (TPSA) is 66.6 Å². The van der Waals surface area contributed by atoms with E-state index in [1.165, 1.54) is 16.4 Å². The molecule has 2 rings (SSSR count). The van der Waals surface area contributed by atoms with Crippen molar-refractivity contribution < 1.29 is 12.8 Å². The lowest BCUT2D eigenvalue weighted by Crippen LogP contribution is -2.52. The number of rotatable bonds is 3. The zero-order valence-corrected chi connectivity index (χ0v) is 13.5.